The predicted octanol–water partition coefficient (Wildman–Crippen LogP) is 5.21. The molecule has 6 rings (SSSR count). The van der Waals surface area contributed by atoms with Crippen LogP contribution in [-0.2, 0) is 6.54 Å². The van der Waals surface area contributed by atoms with Crippen LogP contribution in [0.25, 0.3) is 21.1 Å². The van der Waals surface area contributed by atoms with Crippen molar-refractivity contribution in [1.29, 1.82) is 0 Å². The molecule has 0 bridgehead atoms. The number of thiophene rings is 1. The molecule has 1 aliphatic rings. The number of nitrogens with one attached hydrogen (secondary N) is 2. The van der Waals surface area contributed by atoms with Crippen LogP contribution < -0.4 is 15.6 Å². The van der Waals surface area contributed by atoms with Gasteiger partial charge in [-0.1, -0.05) is 19.1 Å². The Bertz CT molecular complexity index is 1590. The van der Waals surface area contributed by atoms with E-state index in [4.69, 9.17) is 4.74 Å². The molecule has 0 aliphatic carbocycles. The molecule has 0 amide bonds. The third-order valence-electron chi connectivity index (χ3n) is 6.71. The topological polar surface area (TPSA) is 86.4 Å². The molecule has 188 valence electrons. The Morgan fingerprint density at radius 1 is 0.973 bits per heavy atom. The largest absolute Gasteiger partial charge is 0.437 e. The number of piperazine rings is 1. The fourth-order valence-electron chi connectivity index (χ4n) is 4.61. The molecule has 9 heteroatoms. The third kappa shape index (κ3) is 5.34. The number of aromatic amines is 1. The van der Waals surface area contributed by atoms with Crippen LogP contribution in [0.5, 0.6) is 11.6 Å². The highest BCUT2D eigenvalue weighted by atomic mass is 32.1. The van der Waals surface area contributed by atoms with Gasteiger partial charge in [-0.25, -0.2) is 4.98 Å². The Morgan fingerprint density at radius 3 is 2.57 bits per heavy atom. The first-order valence-electron chi connectivity index (χ1n) is 12.5. The quantitative estimate of drug-likeness (QED) is 0.310. The zero-order valence-corrected chi connectivity index (χ0v) is 21.4. The maximum absolute atomic E-state index is 11.7. The number of pyridine rings is 1. The molecule has 1 fully saturated rings. The number of hydrogen-bond donors (Lipinski definition) is 2. The summed E-state index contributed by atoms with van der Waals surface area (Å²) < 4.78 is 7.05. The number of rotatable bonds is 7. The molecule has 1 saturated heterocycles. The van der Waals surface area contributed by atoms with Crippen molar-refractivity contribution in [2.45, 2.75) is 13.5 Å². The maximum Gasteiger partial charge on any atom is 0.248 e. The highest BCUT2D eigenvalue weighted by Gasteiger charge is 2.16. The average Bonchev–Trinajstić information content (AvgIpc) is 3.39. The molecule has 0 radical (unpaired) electrons. The Hall–Kier alpha value is -3.79. The van der Waals surface area contributed by atoms with E-state index in [-0.39, 0.29) is 5.56 Å². The van der Waals surface area contributed by atoms with Crippen molar-refractivity contribution in [1.82, 2.24) is 24.8 Å². The number of ether oxygens (including phenoxy) is 1. The number of H-pyrrole nitrogens is 1. The van der Waals surface area contributed by atoms with Crippen LogP contribution in [0.15, 0.2) is 70.8 Å². The van der Waals surface area contributed by atoms with Gasteiger partial charge in [0.05, 0.1) is 11.0 Å². The fourth-order valence-corrected chi connectivity index (χ4v) is 5.37. The van der Waals surface area contributed by atoms with Crippen LogP contribution >= 0.6 is 11.3 Å². The molecule has 0 saturated carbocycles. The van der Waals surface area contributed by atoms with E-state index in [1.807, 2.05) is 29.6 Å². The van der Waals surface area contributed by atoms with Crippen LogP contribution in [0.2, 0.25) is 0 Å². The molecule has 4 heterocycles. The van der Waals surface area contributed by atoms with Crippen LogP contribution in [0.3, 0.4) is 0 Å². The summed E-state index contributed by atoms with van der Waals surface area (Å²) in [4.78, 5) is 28.9. The fraction of sp³-hybridized carbons (Fsp3) is 0.250. The number of anilines is 2. The monoisotopic (exact) mass is 512 g/mol. The van der Waals surface area contributed by atoms with E-state index in [1.54, 1.807) is 6.07 Å². The van der Waals surface area contributed by atoms with Gasteiger partial charge in [0, 0.05) is 50.5 Å². The van der Waals surface area contributed by atoms with Crippen molar-refractivity contribution >= 4 is 44.1 Å². The first kappa shape index (κ1) is 23.6. The van der Waals surface area contributed by atoms with Gasteiger partial charge in [-0.05, 0) is 59.3 Å². The lowest BCUT2D eigenvalue weighted by molar-refractivity contribution is 0.132. The molecule has 3 aromatic heterocycles. The van der Waals surface area contributed by atoms with Crippen LogP contribution in [0.4, 0.5) is 11.6 Å². The number of nitrogens with zero attached hydrogens (tertiary/aromatic N) is 4. The van der Waals surface area contributed by atoms with Crippen molar-refractivity contribution in [3.63, 3.8) is 0 Å². The van der Waals surface area contributed by atoms with Gasteiger partial charge in [-0.3, -0.25) is 9.69 Å². The highest BCUT2D eigenvalue weighted by molar-refractivity contribution is 7.17. The molecule has 37 heavy (non-hydrogen) atoms. The van der Waals surface area contributed by atoms with Gasteiger partial charge in [0.2, 0.25) is 17.4 Å². The van der Waals surface area contributed by atoms with Gasteiger partial charge < -0.3 is 19.9 Å². The maximum atomic E-state index is 11.7. The standard InChI is InChI=1S/C28H28N6O2S/c1-2-33-12-14-34(15-13-33)18-19-3-7-21(8-4-19)29-28-31-23-11-16-37-26(23)27(32-28)36-22-9-5-20-6-10-25(35)30-24(20)17-22/h3-11,16-17H,2,12-15,18H2,1H3,(H,30,35)(H,29,31,32). The van der Waals surface area contributed by atoms with E-state index in [1.165, 1.54) is 23.0 Å². The molecule has 8 nitrogen and oxygen atoms in total. The van der Waals surface area contributed by atoms with Crippen molar-refractivity contribution in [2.75, 3.05) is 38.0 Å². The molecule has 1 aliphatic heterocycles. The van der Waals surface area contributed by atoms with Crippen molar-refractivity contribution < 1.29 is 4.74 Å². The van der Waals surface area contributed by atoms with Gasteiger partial charge >= 0.3 is 0 Å². The summed E-state index contributed by atoms with van der Waals surface area (Å²) in [5.74, 6) is 1.54. The van der Waals surface area contributed by atoms with Gasteiger partial charge in [0.15, 0.2) is 0 Å². The summed E-state index contributed by atoms with van der Waals surface area (Å²) in [6, 6.07) is 19.3. The molecule has 0 spiro atoms. The van der Waals surface area contributed by atoms with Crippen LogP contribution in [-0.4, -0.2) is 57.5 Å². The smallest absolute Gasteiger partial charge is 0.248 e. The Kier molecular flexibility index (Phi) is 6.57. The first-order valence-corrected chi connectivity index (χ1v) is 13.4. The molecule has 0 atom stereocenters. The molecular weight excluding hydrogens is 484 g/mol. The second kappa shape index (κ2) is 10.3. The van der Waals surface area contributed by atoms with E-state index in [9.17, 15) is 4.79 Å². The number of fused-ring (bicyclic) bond motifs is 2. The Morgan fingerprint density at radius 2 is 1.76 bits per heavy atom. The summed E-state index contributed by atoms with van der Waals surface area (Å²) in [6.45, 7) is 8.81. The molecule has 2 N–H and O–H groups in total. The van der Waals surface area contributed by atoms with E-state index in [0.717, 1.165) is 60.6 Å². The predicted molar refractivity (Wildman–Crippen MR) is 149 cm³/mol. The summed E-state index contributed by atoms with van der Waals surface area (Å²) >= 11 is 1.53. The molecule has 2 aromatic carbocycles. The van der Waals surface area contributed by atoms with Crippen LogP contribution in [0.1, 0.15) is 12.5 Å². The van der Waals surface area contributed by atoms with E-state index < -0.39 is 0 Å². The number of aromatic nitrogens is 3. The van der Waals surface area contributed by atoms with E-state index in [0.29, 0.717) is 23.1 Å². The zero-order chi connectivity index (χ0) is 25.2. The number of likely N-dealkylation sites (N-methyl/N-ethyl adjacent to an activating group) is 1. The van der Waals surface area contributed by atoms with Crippen molar-refractivity contribution in [3.05, 3.63) is 82.0 Å². The van der Waals surface area contributed by atoms with Crippen molar-refractivity contribution in [3.8, 4) is 11.6 Å². The lowest BCUT2D eigenvalue weighted by atomic mass is 10.2. The van der Waals surface area contributed by atoms with Gasteiger partial charge in [0.1, 0.15) is 10.4 Å². The van der Waals surface area contributed by atoms with E-state index >= 15 is 0 Å². The average molecular weight is 513 g/mol. The lowest BCUT2D eigenvalue weighted by Gasteiger charge is -2.34. The number of hydrogen-bond acceptors (Lipinski definition) is 8. The second-order valence-corrected chi connectivity index (χ2v) is 10.1. The highest BCUT2D eigenvalue weighted by Crippen LogP contribution is 2.33. The first-order chi connectivity index (χ1) is 18.1. The summed E-state index contributed by atoms with van der Waals surface area (Å²) in [7, 11) is 0. The van der Waals surface area contributed by atoms with Gasteiger partial charge in [-0.15, -0.1) is 11.3 Å². The zero-order valence-electron chi connectivity index (χ0n) is 20.6. The van der Waals surface area contributed by atoms with Crippen molar-refractivity contribution in [2.24, 2.45) is 0 Å². The lowest BCUT2D eigenvalue weighted by Crippen LogP contribution is -2.45. The summed E-state index contributed by atoms with van der Waals surface area (Å²) in [5.41, 5.74) is 3.59. The SMILES string of the molecule is CCN1CCN(Cc2ccc(Nc3nc(Oc4ccc5ccc(=O)[nH]c5c4)c4sccc4n3)cc2)CC1. The Labute approximate surface area is 218 Å². The summed E-state index contributed by atoms with van der Waals surface area (Å²) in [6.07, 6.45) is 0. The van der Waals surface area contributed by atoms with E-state index in [2.05, 4.69) is 61.3 Å². The minimum atomic E-state index is -0.149. The Balaban J connectivity index is 1.19. The second-order valence-electron chi connectivity index (χ2n) is 9.19. The molecule has 0 unspecified atom stereocenters. The summed E-state index contributed by atoms with van der Waals surface area (Å²) in [5, 5.41) is 6.24. The molecular formula is C28H28N6O2S. The molecule has 5 aromatic rings. The number of benzene rings is 2. The minimum Gasteiger partial charge on any atom is -0.437 e. The van der Waals surface area contributed by atoms with Crippen LogP contribution in [0, 0.1) is 0 Å². The third-order valence-corrected chi connectivity index (χ3v) is 7.60. The van der Waals surface area contributed by atoms with Gasteiger partial charge in [0.25, 0.3) is 0 Å². The normalized spacial score (nSPS) is 14.8. The van der Waals surface area contributed by atoms with Gasteiger partial charge in [-0.2, -0.15) is 4.98 Å². The minimum absolute atomic E-state index is 0.149.